The number of anilines is 1. The highest BCUT2D eigenvalue weighted by molar-refractivity contribution is 5.92. The maximum Gasteiger partial charge on any atom is 0.274 e. The number of carbonyl (C=O) groups is 1. The van der Waals surface area contributed by atoms with Gasteiger partial charge in [-0.05, 0) is 30.7 Å². The quantitative estimate of drug-likeness (QED) is 0.732. The zero-order valence-electron chi connectivity index (χ0n) is 14.6. The monoisotopic (exact) mass is 351 g/mol. The molecule has 3 aromatic heterocycles. The van der Waals surface area contributed by atoms with Crippen LogP contribution in [0.1, 0.15) is 21.7 Å². The van der Waals surface area contributed by atoms with E-state index in [9.17, 15) is 4.79 Å². The van der Waals surface area contributed by atoms with Crippen molar-refractivity contribution in [3.63, 3.8) is 0 Å². The maximum absolute atomic E-state index is 12.4. The first-order chi connectivity index (χ1) is 12.7. The van der Waals surface area contributed by atoms with E-state index < -0.39 is 0 Å². The normalized spacial score (nSPS) is 14.6. The van der Waals surface area contributed by atoms with Crippen LogP contribution in [0.3, 0.4) is 0 Å². The van der Waals surface area contributed by atoms with E-state index in [1.807, 2.05) is 35.9 Å². The fourth-order valence-electron chi connectivity index (χ4n) is 3.04. The molecular weight excluding hydrogens is 330 g/mol. The fraction of sp³-hybridized carbons (Fsp3) is 0.333. The molecule has 4 heterocycles. The molecule has 26 heavy (non-hydrogen) atoms. The molecule has 4 rings (SSSR count). The number of aryl methyl sites for hydroxylation is 1. The highest BCUT2D eigenvalue weighted by Gasteiger charge is 2.19. The van der Waals surface area contributed by atoms with E-state index in [0.717, 1.165) is 30.0 Å². The van der Waals surface area contributed by atoms with E-state index in [4.69, 9.17) is 0 Å². The first kappa shape index (κ1) is 16.5. The topological polar surface area (TPSA) is 87.5 Å². The van der Waals surface area contributed by atoms with Gasteiger partial charge >= 0.3 is 0 Å². The number of carbonyl (C=O) groups excluding carboxylic acids is 1. The Hall–Kier alpha value is -3.00. The third kappa shape index (κ3) is 3.36. The van der Waals surface area contributed by atoms with Crippen molar-refractivity contribution < 1.29 is 4.79 Å². The van der Waals surface area contributed by atoms with Gasteiger partial charge in [0.1, 0.15) is 11.5 Å². The number of nitrogens with one attached hydrogen (secondary N) is 2. The van der Waals surface area contributed by atoms with Crippen LogP contribution in [-0.4, -0.2) is 56.6 Å². The van der Waals surface area contributed by atoms with Crippen LogP contribution in [-0.2, 0) is 6.54 Å². The average Bonchev–Trinajstić information content (AvgIpc) is 3.11. The van der Waals surface area contributed by atoms with Crippen molar-refractivity contribution in [3.05, 3.63) is 53.6 Å². The minimum Gasteiger partial charge on any atom is -0.363 e. The van der Waals surface area contributed by atoms with Gasteiger partial charge in [-0.15, -0.1) is 10.2 Å². The van der Waals surface area contributed by atoms with Crippen LogP contribution >= 0.6 is 0 Å². The summed E-state index contributed by atoms with van der Waals surface area (Å²) in [5, 5.41) is 14.6. The number of fused-ring (bicyclic) bond motifs is 1. The molecule has 1 fully saturated rings. The molecule has 0 atom stereocenters. The van der Waals surface area contributed by atoms with Crippen molar-refractivity contribution in [2.75, 3.05) is 31.5 Å². The van der Waals surface area contributed by atoms with E-state index in [2.05, 4.69) is 25.8 Å². The van der Waals surface area contributed by atoms with Gasteiger partial charge < -0.3 is 19.9 Å². The minimum atomic E-state index is -0.0682. The number of pyridine rings is 1. The van der Waals surface area contributed by atoms with Gasteiger partial charge in [0.2, 0.25) is 0 Å². The molecular formula is C18H21N7O. The van der Waals surface area contributed by atoms with Crippen LogP contribution in [0.2, 0.25) is 0 Å². The van der Waals surface area contributed by atoms with Crippen molar-refractivity contribution >= 4 is 17.4 Å². The third-order valence-electron chi connectivity index (χ3n) is 4.47. The molecule has 0 aromatic carbocycles. The third-order valence-corrected chi connectivity index (χ3v) is 4.47. The SMILES string of the molecule is Cc1cccn2cc(CNc3ccc(C(=O)N4CCNCC4)nn3)nc12. The van der Waals surface area contributed by atoms with Crippen molar-refractivity contribution in [3.8, 4) is 0 Å². The number of amides is 1. The van der Waals surface area contributed by atoms with Gasteiger partial charge in [-0.3, -0.25) is 4.79 Å². The molecule has 8 heteroatoms. The smallest absolute Gasteiger partial charge is 0.274 e. The van der Waals surface area contributed by atoms with Crippen LogP contribution in [0.5, 0.6) is 0 Å². The van der Waals surface area contributed by atoms with Gasteiger partial charge in [-0.2, -0.15) is 0 Å². The molecule has 0 bridgehead atoms. The van der Waals surface area contributed by atoms with E-state index in [-0.39, 0.29) is 5.91 Å². The zero-order chi connectivity index (χ0) is 17.9. The van der Waals surface area contributed by atoms with E-state index in [1.165, 1.54) is 0 Å². The summed E-state index contributed by atoms with van der Waals surface area (Å²) in [6.07, 6.45) is 3.97. The van der Waals surface area contributed by atoms with Crippen LogP contribution in [0.25, 0.3) is 5.65 Å². The van der Waals surface area contributed by atoms with Gasteiger partial charge in [0.25, 0.3) is 5.91 Å². The summed E-state index contributed by atoms with van der Waals surface area (Å²) in [5.74, 6) is 0.553. The lowest BCUT2D eigenvalue weighted by Gasteiger charge is -2.26. The van der Waals surface area contributed by atoms with Crippen molar-refractivity contribution in [2.45, 2.75) is 13.5 Å². The molecule has 0 spiro atoms. The molecule has 134 valence electrons. The molecule has 0 saturated carbocycles. The van der Waals surface area contributed by atoms with Gasteiger partial charge in [-0.25, -0.2) is 4.98 Å². The predicted molar refractivity (Wildman–Crippen MR) is 98.1 cm³/mol. The molecule has 2 N–H and O–H groups in total. The second kappa shape index (κ2) is 7.09. The van der Waals surface area contributed by atoms with E-state index in [1.54, 1.807) is 17.0 Å². The molecule has 1 aliphatic rings. The van der Waals surface area contributed by atoms with Crippen molar-refractivity contribution in [1.29, 1.82) is 0 Å². The molecule has 0 aliphatic carbocycles. The number of piperazine rings is 1. The Labute approximate surface area is 151 Å². The molecule has 1 saturated heterocycles. The highest BCUT2D eigenvalue weighted by atomic mass is 16.2. The number of rotatable bonds is 4. The number of hydrogen-bond donors (Lipinski definition) is 2. The van der Waals surface area contributed by atoms with Crippen LogP contribution in [0.4, 0.5) is 5.82 Å². The van der Waals surface area contributed by atoms with Crippen LogP contribution < -0.4 is 10.6 Å². The maximum atomic E-state index is 12.4. The predicted octanol–water partition coefficient (Wildman–Crippen LogP) is 1.09. The average molecular weight is 351 g/mol. The second-order valence-electron chi connectivity index (χ2n) is 6.35. The summed E-state index contributed by atoms with van der Waals surface area (Å²) in [5.41, 5.74) is 3.38. The number of hydrogen-bond acceptors (Lipinski definition) is 6. The number of aromatic nitrogens is 4. The molecule has 1 aliphatic heterocycles. The van der Waals surface area contributed by atoms with Gasteiger partial charge in [0, 0.05) is 38.6 Å². The summed E-state index contributed by atoms with van der Waals surface area (Å²) < 4.78 is 2.01. The Bertz CT molecular complexity index is 913. The minimum absolute atomic E-state index is 0.0682. The lowest BCUT2D eigenvalue weighted by Crippen LogP contribution is -2.46. The Morgan fingerprint density at radius 1 is 1.23 bits per heavy atom. The molecule has 0 unspecified atom stereocenters. The summed E-state index contributed by atoms with van der Waals surface area (Å²) in [6.45, 7) is 5.62. The Kier molecular flexibility index (Phi) is 4.49. The van der Waals surface area contributed by atoms with E-state index in [0.29, 0.717) is 31.1 Å². The lowest BCUT2D eigenvalue weighted by molar-refractivity contribution is 0.0728. The molecule has 3 aromatic rings. The Morgan fingerprint density at radius 2 is 2.08 bits per heavy atom. The van der Waals surface area contributed by atoms with E-state index >= 15 is 0 Å². The Morgan fingerprint density at radius 3 is 2.81 bits per heavy atom. The van der Waals surface area contributed by atoms with Gasteiger partial charge in [0.05, 0.1) is 12.2 Å². The highest BCUT2D eigenvalue weighted by Crippen LogP contribution is 2.12. The summed E-state index contributed by atoms with van der Waals surface area (Å²) in [6, 6.07) is 7.54. The van der Waals surface area contributed by atoms with Gasteiger partial charge in [-0.1, -0.05) is 6.07 Å². The number of nitrogens with zero attached hydrogens (tertiary/aromatic N) is 5. The fourth-order valence-corrected chi connectivity index (χ4v) is 3.04. The van der Waals surface area contributed by atoms with Crippen molar-refractivity contribution in [2.24, 2.45) is 0 Å². The summed E-state index contributed by atoms with van der Waals surface area (Å²) in [7, 11) is 0. The number of imidazole rings is 1. The largest absolute Gasteiger partial charge is 0.363 e. The molecule has 0 radical (unpaired) electrons. The summed E-state index contributed by atoms with van der Waals surface area (Å²) in [4.78, 5) is 18.8. The summed E-state index contributed by atoms with van der Waals surface area (Å²) >= 11 is 0. The van der Waals surface area contributed by atoms with Crippen LogP contribution in [0.15, 0.2) is 36.7 Å². The van der Waals surface area contributed by atoms with Crippen molar-refractivity contribution in [1.82, 2.24) is 29.8 Å². The second-order valence-corrected chi connectivity index (χ2v) is 6.35. The standard InChI is InChI=1S/C18H21N7O/c1-13-3-2-8-25-12-14(21-17(13)25)11-20-16-5-4-15(22-23-16)18(26)24-9-6-19-7-10-24/h2-5,8,12,19H,6-7,9-11H2,1H3,(H,20,23). The first-order valence-electron chi connectivity index (χ1n) is 8.71. The lowest BCUT2D eigenvalue weighted by atomic mass is 10.3. The molecule has 8 nitrogen and oxygen atoms in total. The first-order valence-corrected chi connectivity index (χ1v) is 8.71. The zero-order valence-corrected chi connectivity index (χ0v) is 14.6. The van der Waals surface area contributed by atoms with Crippen LogP contribution in [0, 0.1) is 6.92 Å². The molecule has 1 amide bonds. The van der Waals surface area contributed by atoms with Gasteiger partial charge in [0.15, 0.2) is 5.69 Å². The Balaban J connectivity index is 1.40.